The maximum Gasteiger partial charge on any atom is 2.00 e. The fourth-order valence-electron chi connectivity index (χ4n) is 0.514. The molecule has 17 heavy (non-hydrogen) atoms. The summed E-state index contributed by atoms with van der Waals surface area (Å²) in [5.41, 5.74) is 10.0. The first-order valence-electron chi connectivity index (χ1n) is 4.51. The summed E-state index contributed by atoms with van der Waals surface area (Å²) in [6.45, 7) is 0. The topological polar surface area (TPSA) is 132 Å². The van der Waals surface area contributed by atoms with Crippen molar-refractivity contribution >= 4 is 37.2 Å². The van der Waals surface area contributed by atoms with Crippen molar-refractivity contribution in [2.75, 3.05) is 11.5 Å². The van der Waals surface area contributed by atoms with Gasteiger partial charge in [0, 0.05) is 12.1 Å². The van der Waals surface area contributed by atoms with Crippen molar-refractivity contribution in [1.82, 2.24) is 0 Å². The molecule has 0 saturated carbocycles. The molecule has 103 valence electrons. The molecule has 0 aromatic carbocycles. The second-order valence-electron chi connectivity index (χ2n) is 2.88. The molecule has 1 radical (unpaired) electrons. The minimum atomic E-state index is -1.21. The van der Waals surface area contributed by atoms with Gasteiger partial charge >= 0.3 is 16.8 Å². The van der Waals surface area contributed by atoms with Crippen LogP contribution in [0.1, 0.15) is 12.8 Å². The maximum absolute atomic E-state index is 9.82. The fraction of sp³-hybridized carbons (Fsp3) is 0.750. The smallest absolute Gasteiger partial charge is 0.548 e. The van der Waals surface area contributed by atoms with Crippen molar-refractivity contribution in [3.63, 3.8) is 0 Å². The second-order valence-corrected chi connectivity index (χ2v) is 3.77. The Morgan fingerprint density at radius 3 is 1.24 bits per heavy atom. The van der Waals surface area contributed by atoms with E-state index in [9.17, 15) is 19.8 Å². The second kappa shape index (κ2) is 14.1. The van der Waals surface area contributed by atoms with Gasteiger partial charge in [0.2, 0.25) is 0 Å². The Balaban J connectivity index is -0.000000218. The molecule has 0 aromatic rings. The number of carbonyl (C=O) groups is 2. The van der Waals surface area contributed by atoms with Gasteiger partial charge in [-0.05, 0) is 24.3 Å². The summed E-state index contributed by atoms with van der Waals surface area (Å²) in [5, 5.41) is 19.6. The van der Waals surface area contributed by atoms with E-state index in [1.54, 1.807) is 0 Å². The molecule has 0 spiro atoms. The minimum Gasteiger partial charge on any atom is -0.548 e. The SMILES string of the molecule is N[C@@H](CCS)C(=O)[O-].N[C@@H](CCS)C(=O)[O-].[Co+2]. The first-order valence-corrected chi connectivity index (χ1v) is 5.77. The van der Waals surface area contributed by atoms with Crippen LogP contribution in [0.3, 0.4) is 0 Å². The number of carboxylic acids is 2. The van der Waals surface area contributed by atoms with Gasteiger partial charge in [-0.25, -0.2) is 0 Å². The van der Waals surface area contributed by atoms with E-state index in [-0.39, 0.29) is 16.8 Å². The average molecular weight is 327 g/mol. The van der Waals surface area contributed by atoms with E-state index in [0.717, 1.165) is 0 Å². The molecule has 0 fully saturated rings. The summed E-state index contributed by atoms with van der Waals surface area (Å²) < 4.78 is 0. The van der Waals surface area contributed by atoms with E-state index in [1.807, 2.05) is 0 Å². The first kappa shape index (κ1) is 22.3. The fourth-order valence-corrected chi connectivity index (χ4v) is 1.07. The van der Waals surface area contributed by atoms with Crippen molar-refractivity contribution in [3.8, 4) is 0 Å². The Morgan fingerprint density at radius 2 is 1.18 bits per heavy atom. The van der Waals surface area contributed by atoms with Gasteiger partial charge in [-0.1, -0.05) is 0 Å². The van der Waals surface area contributed by atoms with E-state index in [2.05, 4.69) is 25.3 Å². The summed E-state index contributed by atoms with van der Waals surface area (Å²) >= 11 is 7.57. The third kappa shape index (κ3) is 16.1. The molecule has 4 N–H and O–H groups in total. The third-order valence-electron chi connectivity index (χ3n) is 1.49. The van der Waals surface area contributed by atoms with Crippen LogP contribution in [0.2, 0.25) is 0 Å². The number of hydrogen-bond donors (Lipinski definition) is 4. The van der Waals surface area contributed by atoms with Crippen LogP contribution in [0.15, 0.2) is 0 Å². The van der Waals surface area contributed by atoms with E-state index in [1.165, 1.54) is 0 Å². The summed E-state index contributed by atoms with van der Waals surface area (Å²) in [4.78, 5) is 19.6. The molecule has 0 bridgehead atoms. The number of thiol groups is 2. The summed E-state index contributed by atoms with van der Waals surface area (Å²) in [6, 6.07) is -1.71. The molecule has 0 unspecified atom stereocenters. The monoisotopic (exact) mass is 327 g/mol. The maximum atomic E-state index is 9.82. The zero-order valence-corrected chi connectivity index (χ0v) is 11.8. The first-order chi connectivity index (χ1) is 7.36. The molecule has 6 nitrogen and oxygen atoms in total. The molecule has 0 aliphatic rings. The van der Waals surface area contributed by atoms with Crippen LogP contribution in [0.4, 0.5) is 0 Å². The molecule has 0 aromatic heterocycles. The van der Waals surface area contributed by atoms with Crippen molar-refractivity contribution in [3.05, 3.63) is 0 Å². The minimum absolute atomic E-state index is 0. The van der Waals surface area contributed by atoms with Crippen LogP contribution in [0, 0.1) is 0 Å². The zero-order chi connectivity index (χ0) is 13.1. The Hall–Kier alpha value is 0.0665. The van der Waals surface area contributed by atoms with Crippen molar-refractivity contribution < 1.29 is 36.6 Å². The number of nitrogens with two attached hydrogens (primary N) is 2. The van der Waals surface area contributed by atoms with Gasteiger partial charge in [-0.3, -0.25) is 0 Å². The molecule has 0 amide bonds. The average Bonchev–Trinajstić information content (AvgIpc) is 2.19. The standard InChI is InChI=1S/2C4H9NO2S.Co/c2*5-3(1-2-8)4(6)7;/h2*3,8H,1-2,5H2,(H,6,7);/q;;+2/p-2/t2*3-;/m00./s1. The van der Waals surface area contributed by atoms with Crippen LogP contribution in [0.5, 0.6) is 0 Å². The van der Waals surface area contributed by atoms with Gasteiger partial charge in [0.1, 0.15) is 0 Å². The molecule has 0 saturated heterocycles. The van der Waals surface area contributed by atoms with Crippen molar-refractivity contribution in [2.45, 2.75) is 24.9 Å². The molecular formula is C8H16CoN2O4S2. The molecule has 2 atom stereocenters. The Kier molecular flexibility index (Phi) is 18.5. The Labute approximate surface area is 122 Å². The molecule has 0 heterocycles. The Bertz CT molecular complexity index is 200. The van der Waals surface area contributed by atoms with Gasteiger partial charge in [-0.2, -0.15) is 25.3 Å². The molecule has 9 heteroatoms. The molecule has 0 rings (SSSR count). The van der Waals surface area contributed by atoms with Gasteiger partial charge < -0.3 is 31.3 Å². The van der Waals surface area contributed by atoms with Crippen LogP contribution in [0.25, 0.3) is 0 Å². The third-order valence-corrected chi connectivity index (χ3v) is 2.00. The Morgan fingerprint density at radius 1 is 0.941 bits per heavy atom. The van der Waals surface area contributed by atoms with Gasteiger partial charge in [0.15, 0.2) is 0 Å². The van der Waals surface area contributed by atoms with Crippen molar-refractivity contribution in [2.24, 2.45) is 11.5 Å². The summed E-state index contributed by atoms with van der Waals surface area (Å²) in [6.07, 6.45) is 0.733. The van der Waals surface area contributed by atoms with Crippen LogP contribution in [-0.2, 0) is 26.4 Å². The summed E-state index contributed by atoms with van der Waals surface area (Å²) in [7, 11) is 0. The molecule has 0 aliphatic heterocycles. The summed E-state index contributed by atoms with van der Waals surface area (Å²) in [5.74, 6) is -1.46. The number of carboxylic acid groups (broad SMARTS) is 2. The largest absolute Gasteiger partial charge is 2.00 e. The van der Waals surface area contributed by atoms with Gasteiger partial charge in [-0.15, -0.1) is 0 Å². The number of carbonyl (C=O) groups excluding carboxylic acids is 2. The van der Waals surface area contributed by atoms with Crippen LogP contribution >= 0.6 is 25.3 Å². The van der Waals surface area contributed by atoms with Crippen LogP contribution < -0.4 is 21.7 Å². The van der Waals surface area contributed by atoms with Gasteiger partial charge in [0.25, 0.3) is 0 Å². The normalized spacial score (nSPS) is 12.5. The van der Waals surface area contributed by atoms with E-state index in [4.69, 9.17) is 11.5 Å². The van der Waals surface area contributed by atoms with E-state index >= 15 is 0 Å². The zero-order valence-electron chi connectivity index (χ0n) is 9.00. The molecule has 0 aliphatic carbocycles. The van der Waals surface area contributed by atoms with Crippen LogP contribution in [-0.4, -0.2) is 35.5 Å². The number of rotatable bonds is 6. The van der Waals surface area contributed by atoms with E-state index < -0.39 is 24.0 Å². The molecular weight excluding hydrogens is 311 g/mol. The predicted molar refractivity (Wildman–Crippen MR) is 62.9 cm³/mol. The van der Waals surface area contributed by atoms with Gasteiger partial charge in [0.05, 0.1) is 11.9 Å². The quantitative estimate of drug-likeness (QED) is 0.379. The van der Waals surface area contributed by atoms with E-state index in [0.29, 0.717) is 24.3 Å². The number of aliphatic carboxylic acids is 2. The predicted octanol–water partition coefficient (Wildman–Crippen LogP) is -3.24. The van der Waals surface area contributed by atoms with Crippen molar-refractivity contribution in [1.29, 1.82) is 0 Å². The number of hydrogen-bond acceptors (Lipinski definition) is 8.